The summed E-state index contributed by atoms with van der Waals surface area (Å²) in [5.41, 5.74) is 0.0820. The number of pyridine rings is 1. The van der Waals surface area contributed by atoms with Gasteiger partial charge in [-0.1, -0.05) is 6.07 Å². The molecular formula is C12H17N3O2. The number of anilines is 1. The topological polar surface area (TPSA) is 65.5 Å². The molecule has 0 aliphatic carbocycles. The molecule has 0 spiro atoms. The van der Waals surface area contributed by atoms with Crippen LogP contribution in [0.5, 0.6) is 0 Å². The third kappa shape index (κ3) is 3.17. The van der Waals surface area contributed by atoms with Crippen molar-refractivity contribution in [2.75, 3.05) is 32.0 Å². The summed E-state index contributed by atoms with van der Waals surface area (Å²) in [7, 11) is 2.11. The van der Waals surface area contributed by atoms with E-state index in [1.54, 1.807) is 12.1 Å². The van der Waals surface area contributed by atoms with Crippen LogP contribution in [-0.4, -0.2) is 47.6 Å². The Bertz CT molecular complexity index is 408. The van der Waals surface area contributed by atoms with Gasteiger partial charge >= 0.3 is 5.97 Å². The Hall–Kier alpha value is -1.62. The number of rotatable bonds is 4. The quantitative estimate of drug-likeness (QED) is 0.819. The van der Waals surface area contributed by atoms with Crippen LogP contribution in [0, 0.1) is 5.92 Å². The van der Waals surface area contributed by atoms with Gasteiger partial charge in [-0.2, -0.15) is 0 Å². The first-order valence-electron chi connectivity index (χ1n) is 5.78. The highest BCUT2D eigenvalue weighted by Crippen LogP contribution is 2.15. The molecule has 17 heavy (non-hydrogen) atoms. The van der Waals surface area contributed by atoms with Crippen LogP contribution in [0.2, 0.25) is 0 Å². The van der Waals surface area contributed by atoms with Gasteiger partial charge in [0, 0.05) is 13.1 Å². The van der Waals surface area contributed by atoms with E-state index in [0.29, 0.717) is 11.7 Å². The highest BCUT2D eigenvalue weighted by Gasteiger charge is 2.19. The molecule has 2 heterocycles. The summed E-state index contributed by atoms with van der Waals surface area (Å²) in [6.07, 6.45) is 1.18. The van der Waals surface area contributed by atoms with Crippen molar-refractivity contribution in [3.05, 3.63) is 23.9 Å². The molecule has 2 rings (SSSR count). The summed E-state index contributed by atoms with van der Waals surface area (Å²) < 4.78 is 0. The first-order valence-corrected chi connectivity index (χ1v) is 5.78. The molecule has 1 unspecified atom stereocenters. The van der Waals surface area contributed by atoms with Gasteiger partial charge in [0.05, 0.1) is 0 Å². The van der Waals surface area contributed by atoms with Gasteiger partial charge in [0.25, 0.3) is 0 Å². The molecule has 0 aromatic carbocycles. The van der Waals surface area contributed by atoms with Crippen molar-refractivity contribution < 1.29 is 9.90 Å². The molecule has 1 aromatic rings. The van der Waals surface area contributed by atoms with Crippen LogP contribution in [0.3, 0.4) is 0 Å². The fraction of sp³-hybridized carbons (Fsp3) is 0.500. The van der Waals surface area contributed by atoms with Crippen LogP contribution in [-0.2, 0) is 0 Å². The SMILES string of the molecule is CN1CCC(CNc2cccc(C(=O)O)n2)C1. The van der Waals surface area contributed by atoms with E-state index < -0.39 is 5.97 Å². The van der Waals surface area contributed by atoms with Gasteiger partial charge in [-0.15, -0.1) is 0 Å². The Labute approximate surface area is 100 Å². The summed E-state index contributed by atoms with van der Waals surface area (Å²) in [6, 6.07) is 5.00. The number of hydrogen-bond donors (Lipinski definition) is 2. The maximum absolute atomic E-state index is 10.8. The maximum Gasteiger partial charge on any atom is 0.354 e. The molecule has 2 N–H and O–H groups in total. The van der Waals surface area contributed by atoms with E-state index in [1.165, 1.54) is 12.5 Å². The summed E-state index contributed by atoms with van der Waals surface area (Å²) >= 11 is 0. The van der Waals surface area contributed by atoms with Crippen molar-refractivity contribution in [3.8, 4) is 0 Å². The predicted molar refractivity (Wildman–Crippen MR) is 65.3 cm³/mol. The van der Waals surface area contributed by atoms with Gasteiger partial charge in [0.2, 0.25) is 0 Å². The van der Waals surface area contributed by atoms with Gasteiger partial charge < -0.3 is 15.3 Å². The van der Waals surface area contributed by atoms with E-state index in [9.17, 15) is 4.79 Å². The lowest BCUT2D eigenvalue weighted by Crippen LogP contribution is -2.19. The highest BCUT2D eigenvalue weighted by molar-refractivity contribution is 5.85. The van der Waals surface area contributed by atoms with Gasteiger partial charge in [-0.05, 0) is 38.1 Å². The highest BCUT2D eigenvalue weighted by atomic mass is 16.4. The molecule has 1 fully saturated rings. The Morgan fingerprint density at radius 2 is 2.47 bits per heavy atom. The Kier molecular flexibility index (Phi) is 3.58. The number of nitrogens with zero attached hydrogens (tertiary/aromatic N) is 2. The second-order valence-electron chi connectivity index (χ2n) is 4.51. The second-order valence-corrected chi connectivity index (χ2v) is 4.51. The first-order chi connectivity index (χ1) is 8.15. The van der Waals surface area contributed by atoms with Crippen LogP contribution in [0.15, 0.2) is 18.2 Å². The first kappa shape index (κ1) is 11.9. The smallest absolute Gasteiger partial charge is 0.354 e. The minimum Gasteiger partial charge on any atom is -0.477 e. The zero-order chi connectivity index (χ0) is 12.3. The van der Waals surface area contributed by atoms with Gasteiger partial charge in [0.15, 0.2) is 5.69 Å². The van der Waals surface area contributed by atoms with Crippen LogP contribution in [0.25, 0.3) is 0 Å². The second kappa shape index (κ2) is 5.14. The van der Waals surface area contributed by atoms with E-state index in [4.69, 9.17) is 5.11 Å². The van der Waals surface area contributed by atoms with Gasteiger partial charge in [0.1, 0.15) is 5.82 Å². The Morgan fingerprint density at radius 1 is 1.65 bits per heavy atom. The lowest BCUT2D eigenvalue weighted by molar-refractivity contribution is 0.0690. The number of aromatic carboxylic acids is 1. The van der Waals surface area contributed by atoms with E-state index in [2.05, 4.69) is 22.2 Å². The Morgan fingerprint density at radius 3 is 3.12 bits per heavy atom. The van der Waals surface area contributed by atoms with Crippen molar-refractivity contribution in [2.24, 2.45) is 5.92 Å². The number of carboxylic acid groups (broad SMARTS) is 1. The monoisotopic (exact) mass is 235 g/mol. The molecule has 0 radical (unpaired) electrons. The number of likely N-dealkylation sites (tertiary alicyclic amines) is 1. The van der Waals surface area contributed by atoms with E-state index in [-0.39, 0.29) is 5.69 Å². The summed E-state index contributed by atoms with van der Waals surface area (Å²) in [4.78, 5) is 17.1. The minimum atomic E-state index is -0.991. The summed E-state index contributed by atoms with van der Waals surface area (Å²) in [5, 5.41) is 12.0. The van der Waals surface area contributed by atoms with Crippen molar-refractivity contribution in [1.29, 1.82) is 0 Å². The number of hydrogen-bond acceptors (Lipinski definition) is 4. The fourth-order valence-electron chi connectivity index (χ4n) is 2.09. The number of carboxylic acids is 1. The molecule has 1 atom stereocenters. The van der Waals surface area contributed by atoms with E-state index >= 15 is 0 Å². The zero-order valence-corrected chi connectivity index (χ0v) is 9.89. The number of nitrogens with one attached hydrogen (secondary N) is 1. The standard InChI is InChI=1S/C12H17N3O2/c1-15-6-5-9(8-15)7-13-11-4-2-3-10(14-11)12(16)17/h2-4,9H,5-8H2,1H3,(H,13,14)(H,16,17). The normalized spacial score (nSPS) is 20.4. The van der Waals surface area contributed by atoms with Crippen LogP contribution >= 0.6 is 0 Å². The molecule has 92 valence electrons. The fourth-order valence-corrected chi connectivity index (χ4v) is 2.09. The Balaban J connectivity index is 1.90. The minimum absolute atomic E-state index is 0.0820. The molecule has 0 bridgehead atoms. The molecule has 0 amide bonds. The van der Waals surface area contributed by atoms with Gasteiger partial charge in [-0.3, -0.25) is 0 Å². The van der Waals surface area contributed by atoms with Crippen molar-refractivity contribution in [3.63, 3.8) is 0 Å². The zero-order valence-electron chi connectivity index (χ0n) is 9.89. The lowest BCUT2D eigenvalue weighted by Gasteiger charge is -2.12. The van der Waals surface area contributed by atoms with Crippen LogP contribution in [0.1, 0.15) is 16.9 Å². The number of aromatic nitrogens is 1. The van der Waals surface area contributed by atoms with Crippen molar-refractivity contribution in [2.45, 2.75) is 6.42 Å². The molecule has 1 aromatic heterocycles. The maximum atomic E-state index is 10.8. The molecular weight excluding hydrogens is 218 g/mol. The molecule has 5 heteroatoms. The van der Waals surface area contributed by atoms with E-state index in [1.807, 2.05) is 0 Å². The van der Waals surface area contributed by atoms with Crippen LogP contribution in [0.4, 0.5) is 5.82 Å². The molecule has 1 aliphatic heterocycles. The van der Waals surface area contributed by atoms with E-state index in [0.717, 1.165) is 19.6 Å². The molecule has 1 saturated heterocycles. The van der Waals surface area contributed by atoms with Gasteiger partial charge in [-0.25, -0.2) is 9.78 Å². The average Bonchev–Trinajstić information content (AvgIpc) is 2.73. The third-order valence-corrected chi connectivity index (χ3v) is 3.03. The summed E-state index contributed by atoms with van der Waals surface area (Å²) in [6.45, 7) is 3.07. The third-order valence-electron chi connectivity index (χ3n) is 3.03. The van der Waals surface area contributed by atoms with Crippen LogP contribution < -0.4 is 5.32 Å². The molecule has 5 nitrogen and oxygen atoms in total. The lowest BCUT2D eigenvalue weighted by atomic mass is 10.1. The van der Waals surface area contributed by atoms with Crippen molar-refractivity contribution in [1.82, 2.24) is 9.88 Å². The number of carbonyl (C=O) groups is 1. The van der Waals surface area contributed by atoms with Crippen molar-refractivity contribution >= 4 is 11.8 Å². The average molecular weight is 235 g/mol. The largest absolute Gasteiger partial charge is 0.477 e. The predicted octanol–water partition coefficient (Wildman–Crippen LogP) is 1.14. The molecule has 0 saturated carbocycles. The summed E-state index contributed by atoms with van der Waals surface area (Å²) in [5.74, 6) is 0.268. The molecule has 1 aliphatic rings.